The maximum absolute atomic E-state index is 8.70. The fourth-order valence-corrected chi connectivity index (χ4v) is 2.38. The normalized spacial score (nSPS) is 16.4. The van der Waals surface area contributed by atoms with E-state index in [1.54, 1.807) is 74.6 Å². The molecule has 23 heavy (non-hydrogen) atoms. The molecule has 0 spiro atoms. The smallest absolute Gasteiger partial charge is 0.0704 e. The van der Waals surface area contributed by atoms with E-state index in [9.17, 15) is 0 Å². The van der Waals surface area contributed by atoms with E-state index in [-0.39, 0.29) is 11.1 Å². The molecule has 1 nitrogen and oxygen atoms in total. The van der Waals surface area contributed by atoms with Crippen LogP contribution in [0.25, 0.3) is 11.3 Å². The minimum absolute atomic E-state index is 0.0212. The van der Waals surface area contributed by atoms with E-state index in [0.717, 1.165) is 5.56 Å². The van der Waals surface area contributed by atoms with Crippen molar-refractivity contribution in [2.45, 2.75) is 33.0 Å². The average molecular weight is 307 g/mol. The molecule has 0 atom stereocenters. The molecule has 0 amide bonds. The van der Waals surface area contributed by atoms with Crippen LogP contribution in [0.4, 0.5) is 0 Å². The highest BCUT2D eigenvalue weighted by Crippen LogP contribution is 2.25. The molecule has 0 bridgehead atoms. The van der Waals surface area contributed by atoms with Crippen molar-refractivity contribution < 1.29 is 8.22 Å². The first kappa shape index (κ1) is 9.67. The Kier molecular flexibility index (Phi) is 2.85. The molecular formula is C22H23N. The Morgan fingerprint density at radius 1 is 1.09 bits per heavy atom. The molecule has 0 radical (unpaired) electrons. The monoisotopic (exact) mass is 307 g/mol. The van der Waals surface area contributed by atoms with Crippen molar-refractivity contribution in [2.75, 3.05) is 0 Å². The van der Waals surface area contributed by atoms with E-state index >= 15 is 0 Å². The van der Waals surface area contributed by atoms with Gasteiger partial charge in [0, 0.05) is 20.0 Å². The number of pyridine rings is 1. The molecule has 0 unspecified atom stereocenters. The van der Waals surface area contributed by atoms with Crippen LogP contribution in [-0.4, -0.2) is 4.98 Å². The van der Waals surface area contributed by atoms with Gasteiger partial charge < -0.3 is 0 Å². The van der Waals surface area contributed by atoms with Crippen molar-refractivity contribution in [3.05, 3.63) is 89.1 Å². The van der Waals surface area contributed by atoms with Gasteiger partial charge in [0.2, 0.25) is 0 Å². The van der Waals surface area contributed by atoms with Gasteiger partial charge in [-0.1, -0.05) is 56.3 Å². The van der Waals surface area contributed by atoms with Crippen molar-refractivity contribution in [1.29, 1.82) is 0 Å². The van der Waals surface area contributed by atoms with Gasteiger partial charge in [-0.15, -0.1) is 0 Å². The zero-order valence-electron chi connectivity index (χ0n) is 19.3. The Morgan fingerprint density at radius 3 is 2.65 bits per heavy atom. The van der Waals surface area contributed by atoms with E-state index < -0.39 is 19.1 Å². The maximum Gasteiger partial charge on any atom is 0.0704 e. The van der Waals surface area contributed by atoms with Crippen molar-refractivity contribution >= 4 is 0 Å². The second-order valence-electron chi connectivity index (χ2n) is 5.68. The largest absolute Gasteiger partial charge is 0.256 e. The zero-order valence-corrected chi connectivity index (χ0v) is 13.3. The molecule has 0 N–H and O–H groups in total. The summed E-state index contributed by atoms with van der Waals surface area (Å²) in [6.07, 6.45) is -0.378. The Balaban J connectivity index is 2.20. The molecule has 3 aromatic rings. The Labute approximate surface area is 147 Å². The van der Waals surface area contributed by atoms with Gasteiger partial charge >= 0.3 is 0 Å². The van der Waals surface area contributed by atoms with Crippen LogP contribution in [0, 0.1) is 6.85 Å². The predicted molar refractivity (Wildman–Crippen MR) is 97.7 cm³/mol. The van der Waals surface area contributed by atoms with Gasteiger partial charge in [-0.05, 0) is 59.6 Å². The number of nitrogens with zero attached hydrogens (tertiary/aromatic N) is 1. The van der Waals surface area contributed by atoms with Crippen LogP contribution in [0.3, 0.4) is 0 Å². The topological polar surface area (TPSA) is 12.9 Å². The highest BCUT2D eigenvalue weighted by atomic mass is 14.7. The lowest BCUT2D eigenvalue weighted by atomic mass is 9.96. The number of benzene rings is 2. The minimum atomic E-state index is -2.45. The van der Waals surface area contributed by atoms with Gasteiger partial charge in [0.15, 0.2) is 0 Å². The molecule has 1 heteroatoms. The van der Waals surface area contributed by atoms with Crippen LogP contribution in [0.15, 0.2) is 66.9 Å². The Hall–Kier alpha value is -2.41. The second-order valence-corrected chi connectivity index (χ2v) is 5.68. The number of rotatable bonds is 4. The molecule has 0 aliphatic rings. The summed E-state index contributed by atoms with van der Waals surface area (Å²) < 4.78 is 49.3. The van der Waals surface area contributed by atoms with E-state index in [4.69, 9.17) is 8.22 Å². The lowest BCUT2D eigenvalue weighted by Crippen LogP contribution is -1.95. The number of hydrogen-bond acceptors (Lipinski definition) is 1. The summed E-state index contributed by atoms with van der Waals surface area (Å²) >= 11 is 0. The van der Waals surface area contributed by atoms with Gasteiger partial charge in [0.25, 0.3) is 0 Å². The molecule has 3 rings (SSSR count). The molecule has 116 valence electrons. The van der Waals surface area contributed by atoms with E-state index in [1.165, 1.54) is 6.07 Å². The van der Waals surface area contributed by atoms with Gasteiger partial charge in [-0.3, -0.25) is 4.98 Å². The Morgan fingerprint density at radius 2 is 1.91 bits per heavy atom. The number of aryl methyl sites for hydroxylation is 1. The van der Waals surface area contributed by atoms with Crippen molar-refractivity contribution in [3.63, 3.8) is 0 Å². The van der Waals surface area contributed by atoms with Crippen LogP contribution in [0.2, 0.25) is 0 Å². The summed E-state index contributed by atoms with van der Waals surface area (Å²) in [6, 6.07) is 16.8. The Bertz CT molecular complexity index is 1000. The van der Waals surface area contributed by atoms with Crippen molar-refractivity contribution in [3.8, 4) is 11.3 Å². The molecule has 1 aromatic heterocycles. The van der Waals surface area contributed by atoms with Crippen LogP contribution in [0.1, 0.15) is 50.2 Å². The zero-order chi connectivity index (χ0) is 21.4. The van der Waals surface area contributed by atoms with Gasteiger partial charge in [0.1, 0.15) is 0 Å². The lowest BCUT2D eigenvalue weighted by Gasteiger charge is -2.11. The fraction of sp³-hybridized carbons (Fsp3) is 0.227. The maximum atomic E-state index is 8.70. The molecule has 1 heterocycles. The van der Waals surface area contributed by atoms with E-state index in [2.05, 4.69) is 4.98 Å². The first-order valence-electron chi connectivity index (χ1n) is 10.6. The number of hydrogen-bond donors (Lipinski definition) is 0. The third-order valence-electron chi connectivity index (χ3n) is 3.71. The molecule has 0 aliphatic heterocycles. The molecule has 0 saturated carbocycles. The quantitative estimate of drug-likeness (QED) is 0.596. The van der Waals surface area contributed by atoms with Crippen LogP contribution >= 0.6 is 0 Å². The molecule has 2 aromatic carbocycles. The van der Waals surface area contributed by atoms with Gasteiger partial charge in [0.05, 0.1) is 5.69 Å². The highest BCUT2D eigenvalue weighted by molar-refractivity contribution is 5.62. The summed E-state index contributed by atoms with van der Waals surface area (Å²) in [6.45, 7) is 1.11. The molecule has 0 saturated heterocycles. The lowest BCUT2D eigenvalue weighted by molar-refractivity contribution is 0.864. The summed E-state index contributed by atoms with van der Waals surface area (Å²) in [5.41, 5.74) is 2.42. The standard InChI is InChI=1S/C22H23N/c1-16(2)19-11-12-23-22(15-19)20-10-9-17(3)21(14-20)13-18-7-5-4-6-8-18/h4-12,14-16H,13H2,1-3H3/i3D3,13D2,16D. The van der Waals surface area contributed by atoms with Crippen molar-refractivity contribution in [1.82, 2.24) is 4.98 Å². The third kappa shape index (κ3) is 3.68. The van der Waals surface area contributed by atoms with Gasteiger partial charge in [-0.2, -0.15) is 0 Å². The molecular weight excluding hydrogens is 278 g/mol. The van der Waals surface area contributed by atoms with Crippen molar-refractivity contribution in [2.24, 2.45) is 0 Å². The number of aromatic nitrogens is 1. The first-order valence-corrected chi connectivity index (χ1v) is 7.58. The van der Waals surface area contributed by atoms with Gasteiger partial charge in [-0.25, -0.2) is 0 Å². The first-order chi connectivity index (χ1) is 13.4. The second kappa shape index (κ2) is 6.78. The fourth-order valence-electron chi connectivity index (χ4n) is 2.38. The minimum Gasteiger partial charge on any atom is -0.256 e. The average Bonchev–Trinajstić information content (AvgIpc) is 2.67. The summed E-state index contributed by atoms with van der Waals surface area (Å²) in [5.74, 6) is -0.808. The highest BCUT2D eigenvalue weighted by Gasteiger charge is 2.07. The van der Waals surface area contributed by atoms with Crippen LogP contribution in [0.5, 0.6) is 0 Å². The van der Waals surface area contributed by atoms with E-state index in [0.29, 0.717) is 16.8 Å². The molecule has 0 aliphatic carbocycles. The predicted octanol–water partition coefficient (Wildman–Crippen LogP) is 5.77. The molecule has 0 fully saturated rings. The summed E-state index contributed by atoms with van der Waals surface area (Å²) in [5, 5.41) is 0. The SMILES string of the molecule is [2H]C([2H])([2H])c1ccc(-c2cc(C([2H])(C)C)ccn2)cc1C([2H])([2H])c1ccccc1. The third-order valence-corrected chi connectivity index (χ3v) is 3.71. The van der Waals surface area contributed by atoms with E-state index in [1.807, 2.05) is 0 Å². The summed E-state index contributed by atoms with van der Waals surface area (Å²) in [7, 11) is 0. The van der Waals surface area contributed by atoms with Crippen LogP contribution in [-0.2, 0) is 6.37 Å². The van der Waals surface area contributed by atoms with Crippen LogP contribution < -0.4 is 0 Å². The summed E-state index contributed by atoms with van der Waals surface area (Å²) in [4.78, 5) is 4.36.